The van der Waals surface area contributed by atoms with Gasteiger partial charge in [-0.2, -0.15) is 10.2 Å². The molecule has 1 amide bonds. The van der Waals surface area contributed by atoms with E-state index in [1.165, 1.54) is 19.4 Å². The molecular formula is C16H18N4O3. The lowest BCUT2D eigenvalue weighted by Gasteiger charge is -2.10. The molecule has 1 aliphatic carbocycles. The molecule has 0 unspecified atom stereocenters. The minimum absolute atomic E-state index is 0.0526. The summed E-state index contributed by atoms with van der Waals surface area (Å²) in [7, 11) is 1.47. The topological polar surface area (TPSA) is 99.6 Å². The standard InChI is InChI=1S/C16H18N4O3/c1-23-14-8-10(6-7-13(14)21)9-17-20-16(22)15-11-4-2-3-5-12(11)18-19-15/h6-9,21H,2-5H2,1H3,(H,18,19)(H,20,22)/b17-9-. The fourth-order valence-electron chi connectivity index (χ4n) is 2.66. The highest BCUT2D eigenvalue weighted by Crippen LogP contribution is 2.25. The molecule has 0 radical (unpaired) electrons. The molecule has 0 fully saturated rings. The predicted octanol–water partition coefficient (Wildman–Crippen LogP) is 1.77. The molecule has 120 valence electrons. The summed E-state index contributed by atoms with van der Waals surface area (Å²) in [5, 5.41) is 20.5. The lowest BCUT2D eigenvalue weighted by molar-refractivity contribution is 0.0949. The summed E-state index contributed by atoms with van der Waals surface area (Å²) in [6, 6.07) is 4.80. The molecule has 1 aliphatic rings. The molecule has 0 bridgehead atoms. The Morgan fingerprint density at radius 1 is 1.43 bits per heavy atom. The Bertz CT molecular complexity index is 752. The van der Waals surface area contributed by atoms with Crippen molar-refractivity contribution >= 4 is 12.1 Å². The van der Waals surface area contributed by atoms with E-state index in [0.717, 1.165) is 36.9 Å². The van der Waals surface area contributed by atoms with Gasteiger partial charge in [-0.1, -0.05) is 0 Å². The van der Waals surface area contributed by atoms with Gasteiger partial charge in [0.15, 0.2) is 17.2 Å². The van der Waals surface area contributed by atoms with Crippen molar-refractivity contribution in [3.63, 3.8) is 0 Å². The number of hydrazone groups is 1. The van der Waals surface area contributed by atoms with Crippen molar-refractivity contribution in [3.05, 3.63) is 40.7 Å². The number of aromatic hydroxyl groups is 1. The quantitative estimate of drug-likeness (QED) is 0.591. The molecule has 0 saturated heterocycles. The number of ether oxygens (including phenoxy) is 1. The number of hydrogen-bond donors (Lipinski definition) is 3. The molecule has 23 heavy (non-hydrogen) atoms. The van der Waals surface area contributed by atoms with Gasteiger partial charge in [-0.25, -0.2) is 5.43 Å². The van der Waals surface area contributed by atoms with Gasteiger partial charge in [-0.05, 0) is 49.4 Å². The van der Waals surface area contributed by atoms with Gasteiger partial charge in [0.25, 0.3) is 5.91 Å². The van der Waals surface area contributed by atoms with Crippen LogP contribution in [-0.2, 0) is 12.8 Å². The fraction of sp³-hybridized carbons (Fsp3) is 0.312. The molecular weight excluding hydrogens is 296 g/mol. The van der Waals surface area contributed by atoms with E-state index in [-0.39, 0.29) is 11.7 Å². The lowest BCUT2D eigenvalue weighted by atomic mass is 9.96. The summed E-state index contributed by atoms with van der Waals surface area (Å²) in [5.41, 5.74) is 5.64. The normalized spacial score (nSPS) is 13.8. The number of benzene rings is 1. The van der Waals surface area contributed by atoms with Gasteiger partial charge in [-0.15, -0.1) is 0 Å². The van der Waals surface area contributed by atoms with E-state index in [1.54, 1.807) is 12.1 Å². The van der Waals surface area contributed by atoms with Crippen LogP contribution >= 0.6 is 0 Å². The number of rotatable bonds is 4. The number of carbonyl (C=O) groups excluding carboxylic acids is 1. The van der Waals surface area contributed by atoms with Crippen molar-refractivity contribution in [1.29, 1.82) is 0 Å². The molecule has 0 atom stereocenters. The number of nitrogens with zero attached hydrogens (tertiary/aromatic N) is 2. The fourth-order valence-corrected chi connectivity index (χ4v) is 2.66. The van der Waals surface area contributed by atoms with E-state index in [9.17, 15) is 9.90 Å². The number of carbonyl (C=O) groups is 1. The Morgan fingerprint density at radius 3 is 3.09 bits per heavy atom. The van der Waals surface area contributed by atoms with E-state index in [4.69, 9.17) is 4.74 Å². The number of phenolic OH excluding ortho intramolecular Hbond substituents is 1. The first-order chi connectivity index (χ1) is 11.2. The van der Waals surface area contributed by atoms with Crippen LogP contribution < -0.4 is 10.2 Å². The van der Waals surface area contributed by atoms with Gasteiger partial charge in [0, 0.05) is 11.3 Å². The summed E-state index contributed by atoms with van der Waals surface area (Å²) < 4.78 is 5.02. The maximum atomic E-state index is 12.2. The molecule has 1 aromatic carbocycles. The molecule has 3 rings (SSSR count). The summed E-state index contributed by atoms with van der Waals surface area (Å²) in [6.45, 7) is 0. The zero-order chi connectivity index (χ0) is 16.2. The Kier molecular flexibility index (Phi) is 4.27. The van der Waals surface area contributed by atoms with Crippen molar-refractivity contribution in [1.82, 2.24) is 15.6 Å². The number of phenols is 1. The van der Waals surface area contributed by atoms with E-state index in [1.807, 2.05) is 0 Å². The molecule has 3 N–H and O–H groups in total. The number of hydrogen-bond acceptors (Lipinski definition) is 5. The number of H-pyrrole nitrogens is 1. The van der Waals surface area contributed by atoms with Crippen LogP contribution in [0, 0.1) is 0 Å². The maximum Gasteiger partial charge on any atom is 0.292 e. The highest BCUT2D eigenvalue weighted by atomic mass is 16.5. The van der Waals surface area contributed by atoms with Crippen molar-refractivity contribution in [3.8, 4) is 11.5 Å². The van der Waals surface area contributed by atoms with Gasteiger partial charge < -0.3 is 9.84 Å². The summed E-state index contributed by atoms with van der Waals surface area (Å²) in [6.07, 6.45) is 5.49. The van der Waals surface area contributed by atoms with Crippen LogP contribution in [0.1, 0.15) is 40.2 Å². The lowest BCUT2D eigenvalue weighted by Crippen LogP contribution is -2.20. The molecule has 1 heterocycles. The molecule has 1 aromatic heterocycles. The first kappa shape index (κ1) is 15.1. The summed E-state index contributed by atoms with van der Waals surface area (Å²) in [5.74, 6) is 0.0740. The summed E-state index contributed by atoms with van der Waals surface area (Å²) in [4.78, 5) is 12.2. The molecule has 0 saturated carbocycles. The molecule has 7 heteroatoms. The number of fused-ring (bicyclic) bond motifs is 1. The van der Waals surface area contributed by atoms with Crippen LogP contribution in [0.2, 0.25) is 0 Å². The van der Waals surface area contributed by atoms with Crippen LogP contribution in [0.3, 0.4) is 0 Å². The van der Waals surface area contributed by atoms with Crippen molar-refractivity contribution < 1.29 is 14.6 Å². The highest BCUT2D eigenvalue weighted by Gasteiger charge is 2.21. The van der Waals surface area contributed by atoms with Crippen molar-refractivity contribution in [2.45, 2.75) is 25.7 Å². The maximum absolute atomic E-state index is 12.2. The van der Waals surface area contributed by atoms with E-state index in [2.05, 4.69) is 20.7 Å². The Hall–Kier alpha value is -2.83. The zero-order valence-electron chi connectivity index (χ0n) is 12.8. The average Bonchev–Trinajstić information content (AvgIpc) is 3.00. The van der Waals surface area contributed by atoms with Crippen molar-refractivity contribution in [2.75, 3.05) is 7.11 Å². The number of aromatic amines is 1. The largest absolute Gasteiger partial charge is 0.504 e. The minimum atomic E-state index is -0.327. The van der Waals surface area contributed by atoms with Crippen LogP contribution in [-0.4, -0.2) is 34.5 Å². The SMILES string of the molecule is COc1cc(/C=N\NC(=O)c2n[nH]c3c2CCCC3)ccc1O. The second-order valence-electron chi connectivity index (χ2n) is 5.37. The Morgan fingerprint density at radius 2 is 2.26 bits per heavy atom. The van der Waals surface area contributed by atoms with Crippen LogP contribution in [0.15, 0.2) is 23.3 Å². The monoisotopic (exact) mass is 314 g/mol. The zero-order valence-corrected chi connectivity index (χ0v) is 12.8. The number of aryl methyl sites for hydroxylation is 1. The van der Waals surface area contributed by atoms with Crippen LogP contribution in [0.5, 0.6) is 11.5 Å². The number of aromatic nitrogens is 2. The third-order valence-electron chi connectivity index (χ3n) is 3.85. The number of amides is 1. The Labute approximate surface area is 133 Å². The number of nitrogens with one attached hydrogen (secondary N) is 2. The third-order valence-corrected chi connectivity index (χ3v) is 3.85. The first-order valence-electron chi connectivity index (χ1n) is 7.45. The molecule has 0 aliphatic heterocycles. The van der Waals surface area contributed by atoms with Gasteiger partial charge in [0.2, 0.25) is 0 Å². The predicted molar refractivity (Wildman–Crippen MR) is 84.9 cm³/mol. The first-order valence-corrected chi connectivity index (χ1v) is 7.45. The van der Waals surface area contributed by atoms with E-state index in [0.29, 0.717) is 17.0 Å². The van der Waals surface area contributed by atoms with Gasteiger partial charge in [-0.3, -0.25) is 9.89 Å². The minimum Gasteiger partial charge on any atom is -0.504 e. The van der Waals surface area contributed by atoms with Gasteiger partial charge in [0.1, 0.15) is 0 Å². The third kappa shape index (κ3) is 3.18. The second-order valence-corrected chi connectivity index (χ2v) is 5.37. The molecule has 2 aromatic rings. The summed E-state index contributed by atoms with van der Waals surface area (Å²) >= 11 is 0. The van der Waals surface area contributed by atoms with E-state index >= 15 is 0 Å². The molecule has 7 nitrogen and oxygen atoms in total. The average molecular weight is 314 g/mol. The number of methoxy groups -OCH3 is 1. The van der Waals surface area contributed by atoms with Crippen LogP contribution in [0.4, 0.5) is 0 Å². The smallest absolute Gasteiger partial charge is 0.292 e. The van der Waals surface area contributed by atoms with Gasteiger partial charge >= 0.3 is 0 Å². The van der Waals surface area contributed by atoms with Gasteiger partial charge in [0.05, 0.1) is 13.3 Å². The van der Waals surface area contributed by atoms with E-state index < -0.39 is 0 Å². The van der Waals surface area contributed by atoms with Crippen molar-refractivity contribution in [2.24, 2.45) is 5.10 Å². The Balaban J connectivity index is 1.68. The molecule has 0 spiro atoms. The van der Waals surface area contributed by atoms with Crippen LogP contribution in [0.25, 0.3) is 0 Å². The second kappa shape index (κ2) is 6.51. The highest BCUT2D eigenvalue weighted by molar-refractivity contribution is 5.94.